The van der Waals surface area contributed by atoms with Crippen LogP contribution in [-0.2, 0) is 0 Å². The Morgan fingerprint density at radius 1 is 1.29 bits per heavy atom. The first-order valence-corrected chi connectivity index (χ1v) is 8.38. The molecule has 0 saturated heterocycles. The van der Waals surface area contributed by atoms with E-state index in [2.05, 4.69) is 29.4 Å². The zero-order valence-corrected chi connectivity index (χ0v) is 13.4. The highest BCUT2D eigenvalue weighted by Crippen LogP contribution is 2.31. The minimum Gasteiger partial charge on any atom is -0.384 e. The van der Waals surface area contributed by atoms with Crippen LogP contribution in [0.4, 0.5) is 5.69 Å². The summed E-state index contributed by atoms with van der Waals surface area (Å²) in [6.45, 7) is 3.43. The highest BCUT2D eigenvalue weighted by atomic mass is 35.5. The fourth-order valence-corrected chi connectivity index (χ4v) is 3.67. The Morgan fingerprint density at radius 3 is 3.05 bits per heavy atom. The number of aromatic nitrogens is 1. The molecule has 1 aromatic heterocycles. The maximum Gasteiger partial charge on any atom is 0.0737 e. The number of halogens is 1. The van der Waals surface area contributed by atoms with Gasteiger partial charge in [0, 0.05) is 28.8 Å². The Morgan fingerprint density at radius 2 is 2.19 bits per heavy atom. The first-order chi connectivity index (χ1) is 10.2. The van der Waals surface area contributed by atoms with Gasteiger partial charge in [0.25, 0.3) is 0 Å². The molecule has 0 bridgehead atoms. The van der Waals surface area contributed by atoms with Crippen molar-refractivity contribution >= 4 is 28.2 Å². The number of hydrogen-bond acceptors (Lipinski definition) is 2. The van der Waals surface area contributed by atoms with E-state index in [-0.39, 0.29) is 0 Å². The Bertz CT molecular complexity index is 611. The number of hydrogen-bond donors (Lipinski definition) is 1. The van der Waals surface area contributed by atoms with E-state index in [0.29, 0.717) is 0 Å². The second-order valence-electron chi connectivity index (χ2n) is 6.37. The Labute approximate surface area is 131 Å². The van der Waals surface area contributed by atoms with Crippen LogP contribution in [0.5, 0.6) is 0 Å². The molecule has 0 amide bonds. The van der Waals surface area contributed by atoms with Gasteiger partial charge in [-0.1, -0.05) is 37.8 Å². The molecule has 2 unspecified atom stereocenters. The Hall–Kier alpha value is -1.28. The third-order valence-corrected chi connectivity index (χ3v) is 4.85. The molecule has 0 aliphatic heterocycles. The lowest BCUT2D eigenvalue weighted by molar-refractivity contribution is 0.274. The fraction of sp³-hybridized carbons (Fsp3) is 0.500. The van der Waals surface area contributed by atoms with E-state index >= 15 is 0 Å². The highest BCUT2D eigenvalue weighted by Gasteiger charge is 2.18. The van der Waals surface area contributed by atoms with E-state index in [0.717, 1.165) is 34.3 Å². The van der Waals surface area contributed by atoms with Crippen LogP contribution in [0.15, 0.2) is 30.5 Å². The van der Waals surface area contributed by atoms with Gasteiger partial charge in [-0.2, -0.15) is 0 Å². The minimum absolute atomic E-state index is 0.739. The molecule has 21 heavy (non-hydrogen) atoms. The van der Waals surface area contributed by atoms with Gasteiger partial charge in [-0.25, -0.2) is 0 Å². The van der Waals surface area contributed by atoms with Gasteiger partial charge in [-0.15, -0.1) is 0 Å². The molecule has 1 aromatic carbocycles. The van der Waals surface area contributed by atoms with E-state index in [9.17, 15) is 0 Å². The van der Waals surface area contributed by atoms with Gasteiger partial charge in [0.05, 0.1) is 5.52 Å². The van der Waals surface area contributed by atoms with E-state index in [4.69, 9.17) is 11.6 Å². The second kappa shape index (κ2) is 6.65. The number of nitrogens with zero attached hydrogens (tertiary/aromatic N) is 1. The lowest BCUT2D eigenvalue weighted by atomic mass is 9.81. The van der Waals surface area contributed by atoms with Gasteiger partial charge >= 0.3 is 0 Å². The molecule has 1 N–H and O–H groups in total. The average molecular weight is 303 g/mol. The molecule has 1 heterocycles. The van der Waals surface area contributed by atoms with Crippen LogP contribution < -0.4 is 5.32 Å². The zero-order chi connectivity index (χ0) is 14.7. The summed E-state index contributed by atoms with van der Waals surface area (Å²) in [6, 6.07) is 7.96. The van der Waals surface area contributed by atoms with Crippen molar-refractivity contribution in [3.05, 3.63) is 35.5 Å². The first-order valence-electron chi connectivity index (χ1n) is 8.00. The van der Waals surface area contributed by atoms with Crippen molar-refractivity contribution in [2.45, 2.75) is 39.0 Å². The lowest BCUT2D eigenvalue weighted by Crippen LogP contribution is -2.16. The van der Waals surface area contributed by atoms with Gasteiger partial charge in [0.2, 0.25) is 0 Å². The SMILES string of the molecule is CC1CCCC(CCNc2ccnc3cc(Cl)ccc23)C1. The zero-order valence-electron chi connectivity index (χ0n) is 12.6. The number of anilines is 1. The van der Waals surface area contributed by atoms with E-state index in [1.165, 1.54) is 37.8 Å². The molecule has 112 valence electrons. The van der Waals surface area contributed by atoms with Crippen molar-refractivity contribution in [1.29, 1.82) is 0 Å². The molecule has 3 rings (SSSR count). The molecule has 1 fully saturated rings. The molecule has 0 radical (unpaired) electrons. The number of nitrogens with one attached hydrogen (secondary N) is 1. The molecule has 1 saturated carbocycles. The number of rotatable bonds is 4. The summed E-state index contributed by atoms with van der Waals surface area (Å²) in [6.07, 6.45) is 8.74. The third kappa shape index (κ3) is 3.68. The van der Waals surface area contributed by atoms with Gasteiger partial charge in [0.15, 0.2) is 0 Å². The fourth-order valence-electron chi connectivity index (χ4n) is 3.51. The molecule has 3 heteroatoms. The largest absolute Gasteiger partial charge is 0.384 e. The monoisotopic (exact) mass is 302 g/mol. The van der Waals surface area contributed by atoms with Crippen LogP contribution in [0, 0.1) is 11.8 Å². The summed E-state index contributed by atoms with van der Waals surface area (Å²) in [5.41, 5.74) is 2.12. The number of pyridine rings is 1. The van der Waals surface area contributed by atoms with E-state index in [1.807, 2.05) is 18.3 Å². The van der Waals surface area contributed by atoms with Gasteiger partial charge in [-0.05, 0) is 48.9 Å². The van der Waals surface area contributed by atoms with Crippen molar-refractivity contribution in [1.82, 2.24) is 4.98 Å². The molecule has 2 nitrogen and oxygen atoms in total. The van der Waals surface area contributed by atoms with Crippen molar-refractivity contribution < 1.29 is 0 Å². The topological polar surface area (TPSA) is 24.9 Å². The van der Waals surface area contributed by atoms with Crippen LogP contribution >= 0.6 is 11.6 Å². The van der Waals surface area contributed by atoms with Crippen LogP contribution in [0.25, 0.3) is 10.9 Å². The summed E-state index contributed by atoms with van der Waals surface area (Å²) in [4.78, 5) is 4.39. The van der Waals surface area contributed by atoms with Gasteiger partial charge in [-0.3, -0.25) is 4.98 Å². The van der Waals surface area contributed by atoms with Crippen LogP contribution in [-0.4, -0.2) is 11.5 Å². The molecule has 0 spiro atoms. The van der Waals surface area contributed by atoms with Crippen LogP contribution in [0.3, 0.4) is 0 Å². The Kier molecular flexibility index (Phi) is 4.64. The van der Waals surface area contributed by atoms with E-state index < -0.39 is 0 Å². The Balaban J connectivity index is 1.63. The van der Waals surface area contributed by atoms with Crippen molar-refractivity contribution in [3.63, 3.8) is 0 Å². The maximum atomic E-state index is 6.03. The summed E-state index contributed by atoms with van der Waals surface area (Å²) in [5.74, 6) is 1.80. The van der Waals surface area contributed by atoms with Gasteiger partial charge in [0.1, 0.15) is 0 Å². The first kappa shape index (κ1) is 14.6. The highest BCUT2D eigenvalue weighted by molar-refractivity contribution is 6.31. The molecular formula is C18H23ClN2. The minimum atomic E-state index is 0.739. The lowest BCUT2D eigenvalue weighted by Gasteiger charge is -2.26. The van der Waals surface area contributed by atoms with Crippen molar-refractivity contribution in [2.24, 2.45) is 11.8 Å². The molecule has 2 atom stereocenters. The predicted molar refractivity (Wildman–Crippen MR) is 91.0 cm³/mol. The molecule has 2 aromatic rings. The van der Waals surface area contributed by atoms with E-state index in [1.54, 1.807) is 0 Å². The smallest absolute Gasteiger partial charge is 0.0737 e. The standard InChI is InChI=1S/C18H23ClN2/c1-13-3-2-4-14(11-13)7-9-20-17-8-10-21-18-12-15(19)5-6-16(17)18/h5-6,8,10,12-14H,2-4,7,9,11H2,1H3,(H,20,21). The maximum absolute atomic E-state index is 6.03. The molecule has 1 aliphatic rings. The number of benzene rings is 1. The summed E-state index contributed by atoms with van der Waals surface area (Å²) in [7, 11) is 0. The average Bonchev–Trinajstić information content (AvgIpc) is 2.47. The van der Waals surface area contributed by atoms with Crippen molar-refractivity contribution in [2.75, 3.05) is 11.9 Å². The summed E-state index contributed by atoms with van der Waals surface area (Å²) >= 11 is 6.03. The number of fused-ring (bicyclic) bond motifs is 1. The quantitative estimate of drug-likeness (QED) is 0.804. The van der Waals surface area contributed by atoms with Crippen molar-refractivity contribution in [3.8, 4) is 0 Å². The summed E-state index contributed by atoms with van der Waals surface area (Å²) < 4.78 is 0. The summed E-state index contributed by atoms with van der Waals surface area (Å²) in [5, 5.41) is 5.48. The van der Waals surface area contributed by atoms with Gasteiger partial charge < -0.3 is 5.32 Å². The predicted octanol–water partition coefficient (Wildman–Crippen LogP) is 5.52. The molecule has 1 aliphatic carbocycles. The molecular weight excluding hydrogens is 280 g/mol. The van der Waals surface area contributed by atoms with Crippen LogP contribution in [0.1, 0.15) is 39.0 Å². The third-order valence-electron chi connectivity index (χ3n) is 4.62. The second-order valence-corrected chi connectivity index (χ2v) is 6.81. The van der Waals surface area contributed by atoms with Crippen LogP contribution in [0.2, 0.25) is 5.02 Å². The normalized spacial score (nSPS) is 22.4.